The molecule has 7 heteroatoms. The summed E-state index contributed by atoms with van der Waals surface area (Å²) in [7, 11) is 0. The van der Waals surface area contributed by atoms with Crippen molar-refractivity contribution in [1.29, 1.82) is 0 Å². The van der Waals surface area contributed by atoms with Crippen LogP contribution in [0, 0.1) is 0 Å². The van der Waals surface area contributed by atoms with E-state index in [0.717, 1.165) is 30.9 Å². The first kappa shape index (κ1) is 19.5. The average molecular weight is 484 g/mol. The second-order valence-corrected chi connectivity index (χ2v) is 7.33. The molecule has 0 aromatic heterocycles. The smallest absolute Gasteiger partial charge is 0.335 e. The Hall–Kier alpha value is -1.83. The normalized spacial score (nSPS) is 10.0. The summed E-state index contributed by atoms with van der Waals surface area (Å²) in [5.41, 5.74) is 0. The van der Waals surface area contributed by atoms with E-state index < -0.39 is 11.9 Å². The zero-order valence-electron chi connectivity index (χ0n) is 12.8. The largest absolute Gasteiger partial charge is 0.423 e. The van der Waals surface area contributed by atoms with E-state index in [1.807, 2.05) is 12.1 Å². The quantitative estimate of drug-likeness (QED) is 0.306. The predicted octanol–water partition coefficient (Wildman–Crippen LogP) is 5.55. The molecule has 0 spiro atoms. The maximum absolute atomic E-state index is 11.2. The Bertz CT molecular complexity index is 779. The fourth-order valence-corrected chi connectivity index (χ4v) is 3.71. The Kier molecular flexibility index (Phi) is 7.04. The molecule has 0 N–H and O–H groups in total. The molecular weight excluding hydrogens is 472 g/mol. The first-order valence-electron chi connectivity index (χ1n) is 6.88. The lowest BCUT2D eigenvalue weighted by molar-refractivity contribution is -0.129. The van der Waals surface area contributed by atoms with Gasteiger partial charge in [0.15, 0.2) is 0 Å². The van der Waals surface area contributed by atoms with E-state index in [-0.39, 0.29) is 0 Å². The van der Waals surface area contributed by atoms with Crippen LogP contribution in [0.15, 0.2) is 80.4 Å². The van der Waals surface area contributed by atoms with E-state index in [1.54, 1.807) is 24.3 Å². The number of rotatable bonds is 6. The van der Waals surface area contributed by atoms with Crippen LogP contribution in [0.25, 0.3) is 0 Å². The van der Waals surface area contributed by atoms with Gasteiger partial charge < -0.3 is 9.47 Å². The third kappa shape index (κ3) is 5.59. The van der Waals surface area contributed by atoms with Gasteiger partial charge in [0.1, 0.15) is 11.5 Å². The predicted molar refractivity (Wildman–Crippen MR) is 104 cm³/mol. The summed E-state index contributed by atoms with van der Waals surface area (Å²) in [5.74, 6) is -0.182. The summed E-state index contributed by atoms with van der Waals surface area (Å²) in [6, 6.07) is 10.5. The van der Waals surface area contributed by atoms with E-state index in [0.29, 0.717) is 11.5 Å². The van der Waals surface area contributed by atoms with Crippen LogP contribution >= 0.6 is 43.6 Å². The number of hydrogen-bond acceptors (Lipinski definition) is 5. The first-order chi connectivity index (χ1) is 11.9. The number of esters is 2. The molecule has 0 aliphatic rings. The lowest BCUT2D eigenvalue weighted by Gasteiger charge is -2.09. The van der Waals surface area contributed by atoms with Crippen LogP contribution in [0.4, 0.5) is 0 Å². The summed E-state index contributed by atoms with van der Waals surface area (Å²) in [5, 5.41) is 0. The molecular formula is C18H12Br2O4S. The van der Waals surface area contributed by atoms with Gasteiger partial charge in [-0.05, 0) is 68.3 Å². The molecule has 0 amide bonds. The fourth-order valence-electron chi connectivity index (χ4n) is 1.69. The number of carbonyl (C=O) groups excluding carboxylic acids is 2. The first-order valence-corrected chi connectivity index (χ1v) is 9.28. The topological polar surface area (TPSA) is 52.6 Å². The van der Waals surface area contributed by atoms with Crippen LogP contribution < -0.4 is 9.47 Å². The van der Waals surface area contributed by atoms with Crippen molar-refractivity contribution < 1.29 is 19.1 Å². The Morgan fingerprint density at radius 3 is 1.56 bits per heavy atom. The molecule has 2 aromatic rings. The van der Waals surface area contributed by atoms with Crippen molar-refractivity contribution in [3.63, 3.8) is 0 Å². The molecule has 0 saturated heterocycles. The Labute approximate surface area is 166 Å². The number of halogens is 2. The van der Waals surface area contributed by atoms with Gasteiger partial charge in [0, 0.05) is 30.9 Å². The van der Waals surface area contributed by atoms with E-state index >= 15 is 0 Å². The highest BCUT2D eigenvalue weighted by molar-refractivity contribution is 9.11. The molecule has 0 aliphatic carbocycles. The van der Waals surface area contributed by atoms with E-state index in [9.17, 15) is 9.59 Å². The van der Waals surface area contributed by atoms with E-state index in [4.69, 9.17) is 9.47 Å². The maximum Gasteiger partial charge on any atom is 0.335 e. The van der Waals surface area contributed by atoms with Crippen LogP contribution in [0.3, 0.4) is 0 Å². The van der Waals surface area contributed by atoms with Crippen molar-refractivity contribution in [3.05, 3.63) is 70.7 Å². The number of ether oxygens (including phenoxy) is 2. The molecule has 0 saturated carbocycles. The number of carbonyl (C=O) groups is 2. The summed E-state index contributed by atoms with van der Waals surface area (Å²) >= 11 is 8.42. The molecule has 25 heavy (non-hydrogen) atoms. The second-order valence-electron chi connectivity index (χ2n) is 4.54. The van der Waals surface area contributed by atoms with Gasteiger partial charge in [-0.2, -0.15) is 0 Å². The highest BCUT2D eigenvalue weighted by Gasteiger charge is 2.10. The Balaban J connectivity index is 2.16. The van der Waals surface area contributed by atoms with E-state index in [1.165, 1.54) is 11.8 Å². The minimum Gasteiger partial charge on any atom is -0.423 e. The number of benzene rings is 2. The molecule has 0 atom stereocenters. The van der Waals surface area contributed by atoms with Gasteiger partial charge in [-0.15, -0.1) is 0 Å². The van der Waals surface area contributed by atoms with Gasteiger partial charge in [-0.25, -0.2) is 9.59 Å². The molecule has 0 bridgehead atoms. The third-order valence-corrected chi connectivity index (χ3v) is 5.79. The standard InChI is InChI=1S/C18H12Br2O4S/c1-3-17(21)23-11-5-7-15(13(19)9-11)25-16-8-6-12(10-14(16)20)24-18(22)4-2/h3-10H,1-2H2. The summed E-state index contributed by atoms with van der Waals surface area (Å²) < 4.78 is 11.7. The molecule has 2 aromatic carbocycles. The zero-order chi connectivity index (χ0) is 18.4. The second kappa shape index (κ2) is 9.03. The van der Waals surface area contributed by atoms with Gasteiger partial charge in [0.25, 0.3) is 0 Å². The average Bonchev–Trinajstić information content (AvgIpc) is 2.59. The molecule has 0 radical (unpaired) electrons. The number of hydrogen-bond donors (Lipinski definition) is 0. The van der Waals surface area contributed by atoms with Crippen LogP contribution in [-0.4, -0.2) is 11.9 Å². The van der Waals surface area contributed by atoms with Gasteiger partial charge >= 0.3 is 11.9 Å². The molecule has 2 rings (SSSR count). The van der Waals surface area contributed by atoms with Crippen molar-refractivity contribution in [2.75, 3.05) is 0 Å². The van der Waals surface area contributed by atoms with Gasteiger partial charge in [-0.3, -0.25) is 0 Å². The fraction of sp³-hybridized carbons (Fsp3) is 0. The highest BCUT2D eigenvalue weighted by atomic mass is 79.9. The highest BCUT2D eigenvalue weighted by Crippen LogP contribution is 2.39. The zero-order valence-corrected chi connectivity index (χ0v) is 16.8. The third-order valence-electron chi connectivity index (χ3n) is 2.80. The summed E-state index contributed by atoms with van der Waals surface area (Å²) in [6.07, 6.45) is 2.21. The minimum atomic E-state index is -0.514. The van der Waals surface area contributed by atoms with Gasteiger partial charge in [0.05, 0.1) is 0 Å². The van der Waals surface area contributed by atoms with E-state index in [2.05, 4.69) is 45.0 Å². The molecule has 0 fully saturated rings. The molecule has 4 nitrogen and oxygen atoms in total. The van der Waals surface area contributed by atoms with Crippen LogP contribution in [0.1, 0.15) is 0 Å². The van der Waals surface area contributed by atoms with Crippen LogP contribution in [-0.2, 0) is 9.59 Å². The van der Waals surface area contributed by atoms with Gasteiger partial charge in [-0.1, -0.05) is 24.9 Å². The SMILES string of the molecule is C=CC(=O)Oc1ccc(Sc2ccc(OC(=O)C=C)cc2Br)c(Br)c1. The lowest BCUT2D eigenvalue weighted by atomic mass is 10.3. The Morgan fingerprint density at radius 1 is 0.840 bits per heavy atom. The monoisotopic (exact) mass is 482 g/mol. The molecule has 0 heterocycles. The summed E-state index contributed by atoms with van der Waals surface area (Å²) in [4.78, 5) is 24.3. The van der Waals surface area contributed by atoms with Crippen molar-refractivity contribution >= 4 is 55.6 Å². The molecule has 128 valence electrons. The molecule has 0 unspecified atom stereocenters. The van der Waals surface area contributed by atoms with Gasteiger partial charge in [0.2, 0.25) is 0 Å². The van der Waals surface area contributed by atoms with Crippen molar-refractivity contribution in [2.45, 2.75) is 9.79 Å². The molecule has 0 aliphatic heterocycles. The van der Waals surface area contributed by atoms with Crippen molar-refractivity contribution in [3.8, 4) is 11.5 Å². The van der Waals surface area contributed by atoms with Crippen LogP contribution in [0.5, 0.6) is 11.5 Å². The van der Waals surface area contributed by atoms with Crippen LogP contribution in [0.2, 0.25) is 0 Å². The lowest BCUT2D eigenvalue weighted by Crippen LogP contribution is -2.03. The maximum atomic E-state index is 11.2. The van der Waals surface area contributed by atoms with Crippen molar-refractivity contribution in [2.24, 2.45) is 0 Å². The van der Waals surface area contributed by atoms with Crippen molar-refractivity contribution in [1.82, 2.24) is 0 Å². The Morgan fingerprint density at radius 2 is 1.24 bits per heavy atom. The minimum absolute atomic E-state index is 0.423. The summed E-state index contributed by atoms with van der Waals surface area (Å²) in [6.45, 7) is 6.72.